The summed E-state index contributed by atoms with van der Waals surface area (Å²) in [6, 6.07) is 20.3. The minimum atomic E-state index is 0.746. The van der Waals surface area contributed by atoms with Gasteiger partial charge >= 0.3 is 0 Å². The van der Waals surface area contributed by atoms with Crippen LogP contribution < -0.4 is 10.2 Å². The molecule has 2 rings (SSSR count). The van der Waals surface area contributed by atoms with Crippen LogP contribution in [-0.4, -0.2) is 11.7 Å². The van der Waals surface area contributed by atoms with Crippen LogP contribution in [-0.2, 0) is 0 Å². The summed E-state index contributed by atoms with van der Waals surface area (Å²) in [6.07, 6.45) is 2.27. The summed E-state index contributed by atoms with van der Waals surface area (Å²) in [5.74, 6) is 0. The van der Waals surface area contributed by atoms with Gasteiger partial charge in [-0.3, -0.25) is 0 Å². The monoisotopic (exact) mass is 284 g/mol. The van der Waals surface area contributed by atoms with Crippen molar-refractivity contribution in [3.8, 4) is 0 Å². The highest BCUT2D eigenvalue weighted by molar-refractivity contribution is 7.80. The number of rotatable bonds is 5. The van der Waals surface area contributed by atoms with Crippen molar-refractivity contribution in [3.05, 3.63) is 60.7 Å². The molecule has 0 saturated carbocycles. The molecule has 0 heterocycles. The molecule has 3 heteroatoms. The Morgan fingerprint density at radius 1 is 1.00 bits per heavy atom. The third-order valence-electron chi connectivity index (χ3n) is 3.07. The maximum absolute atomic E-state index is 5.57. The Morgan fingerprint density at radius 2 is 1.60 bits per heavy atom. The summed E-state index contributed by atoms with van der Waals surface area (Å²) >= 11 is 5.57. The van der Waals surface area contributed by atoms with Gasteiger partial charge in [-0.05, 0) is 42.9 Å². The van der Waals surface area contributed by atoms with Crippen LogP contribution in [0.5, 0.6) is 0 Å². The van der Waals surface area contributed by atoms with Gasteiger partial charge in [-0.1, -0.05) is 49.7 Å². The van der Waals surface area contributed by atoms with E-state index in [9.17, 15) is 0 Å². The zero-order valence-corrected chi connectivity index (χ0v) is 12.6. The van der Waals surface area contributed by atoms with E-state index in [4.69, 9.17) is 12.2 Å². The second-order valence-corrected chi connectivity index (χ2v) is 5.02. The minimum Gasteiger partial charge on any atom is -0.332 e. The molecule has 0 aliphatic heterocycles. The molecule has 0 bridgehead atoms. The number of nitrogens with zero attached hydrogens (tertiary/aromatic N) is 1. The van der Waals surface area contributed by atoms with Crippen LogP contribution in [0.2, 0.25) is 0 Å². The van der Waals surface area contributed by atoms with Gasteiger partial charge in [-0.2, -0.15) is 0 Å². The molecule has 0 atom stereocenters. The standard InChI is InChI=1S/C17H20N2S/c1-2-3-14-19(16-12-8-5-9-13-16)17(20)18-15-10-6-4-7-11-15/h4-13H,2-3,14H2,1H3,(H,18,20). The van der Waals surface area contributed by atoms with Gasteiger partial charge in [0.25, 0.3) is 0 Å². The highest BCUT2D eigenvalue weighted by Gasteiger charge is 2.11. The summed E-state index contributed by atoms with van der Waals surface area (Å²) in [4.78, 5) is 2.16. The molecule has 0 aliphatic carbocycles. The second kappa shape index (κ2) is 7.65. The summed E-state index contributed by atoms with van der Waals surface area (Å²) in [6.45, 7) is 3.12. The average Bonchev–Trinajstić information content (AvgIpc) is 2.50. The van der Waals surface area contributed by atoms with Gasteiger partial charge in [0, 0.05) is 17.9 Å². The van der Waals surface area contributed by atoms with Crippen molar-refractivity contribution in [1.29, 1.82) is 0 Å². The first-order chi connectivity index (χ1) is 9.81. The molecule has 0 spiro atoms. The lowest BCUT2D eigenvalue weighted by Gasteiger charge is -2.26. The van der Waals surface area contributed by atoms with Gasteiger partial charge in [0.2, 0.25) is 0 Å². The lowest BCUT2D eigenvalue weighted by atomic mass is 10.2. The molecule has 20 heavy (non-hydrogen) atoms. The fraction of sp³-hybridized carbons (Fsp3) is 0.235. The van der Waals surface area contributed by atoms with Gasteiger partial charge in [0.15, 0.2) is 5.11 Å². The van der Waals surface area contributed by atoms with Crippen LogP contribution in [0.1, 0.15) is 19.8 Å². The summed E-state index contributed by atoms with van der Waals surface area (Å²) < 4.78 is 0. The van der Waals surface area contributed by atoms with Crippen molar-refractivity contribution in [2.75, 3.05) is 16.8 Å². The molecular weight excluding hydrogens is 264 g/mol. The largest absolute Gasteiger partial charge is 0.332 e. The molecule has 0 saturated heterocycles. The van der Waals surface area contributed by atoms with Gasteiger partial charge < -0.3 is 10.2 Å². The third-order valence-corrected chi connectivity index (χ3v) is 3.40. The van der Waals surface area contributed by atoms with E-state index in [1.54, 1.807) is 0 Å². The molecule has 0 unspecified atom stereocenters. The number of para-hydroxylation sites is 2. The normalized spacial score (nSPS) is 10.1. The van der Waals surface area contributed by atoms with E-state index in [-0.39, 0.29) is 0 Å². The van der Waals surface area contributed by atoms with Crippen LogP contribution in [0.4, 0.5) is 11.4 Å². The quantitative estimate of drug-likeness (QED) is 0.802. The maximum atomic E-state index is 5.57. The van der Waals surface area contributed by atoms with Crippen molar-refractivity contribution in [1.82, 2.24) is 0 Å². The maximum Gasteiger partial charge on any atom is 0.177 e. The van der Waals surface area contributed by atoms with Crippen molar-refractivity contribution in [3.63, 3.8) is 0 Å². The molecule has 2 nitrogen and oxygen atoms in total. The molecule has 1 N–H and O–H groups in total. The first-order valence-corrected chi connectivity index (χ1v) is 7.40. The third kappa shape index (κ3) is 4.07. The first-order valence-electron chi connectivity index (χ1n) is 7.00. The Morgan fingerprint density at radius 3 is 2.20 bits per heavy atom. The molecule has 2 aromatic rings. The summed E-state index contributed by atoms with van der Waals surface area (Å²) in [5, 5.41) is 4.05. The zero-order chi connectivity index (χ0) is 14.2. The lowest BCUT2D eigenvalue weighted by molar-refractivity contribution is 0.797. The fourth-order valence-electron chi connectivity index (χ4n) is 1.98. The summed E-state index contributed by atoms with van der Waals surface area (Å²) in [7, 11) is 0. The number of benzene rings is 2. The number of anilines is 2. The van der Waals surface area contributed by atoms with E-state index in [2.05, 4.69) is 29.3 Å². The van der Waals surface area contributed by atoms with E-state index < -0.39 is 0 Å². The minimum absolute atomic E-state index is 0.746. The molecule has 104 valence electrons. The molecule has 0 fully saturated rings. The van der Waals surface area contributed by atoms with Crippen LogP contribution in [0.15, 0.2) is 60.7 Å². The zero-order valence-electron chi connectivity index (χ0n) is 11.8. The van der Waals surface area contributed by atoms with Crippen molar-refractivity contribution in [2.45, 2.75) is 19.8 Å². The topological polar surface area (TPSA) is 15.3 Å². The van der Waals surface area contributed by atoms with Gasteiger partial charge in [0.1, 0.15) is 0 Å². The van der Waals surface area contributed by atoms with Crippen molar-refractivity contribution < 1.29 is 0 Å². The number of nitrogens with one attached hydrogen (secondary N) is 1. The van der Waals surface area contributed by atoms with Gasteiger partial charge in [0.05, 0.1) is 0 Å². The van der Waals surface area contributed by atoms with Crippen LogP contribution >= 0.6 is 12.2 Å². The first kappa shape index (κ1) is 14.5. The SMILES string of the molecule is CCCCN(C(=S)Nc1ccccc1)c1ccccc1. The highest BCUT2D eigenvalue weighted by Crippen LogP contribution is 2.16. The molecular formula is C17H20N2S. The fourth-order valence-corrected chi connectivity index (χ4v) is 2.30. The van der Waals surface area contributed by atoms with Crippen molar-refractivity contribution >= 4 is 28.7 Å². The number of unbranched alkanes of at least 4 members (excludes halogenated alkanes) is 1. The van der Waals surface area contributed by atoms with E-state index in [1.165, 1.54) is 0 Å². The molecule has 0 aromatic heterocycles. The molecule has 0 amide bonds. The number of hydrogen-bond donors (Lipinski definition) is 1. The van der Waals surface area contributed by atoms with Crippen LogP contribution in [0.3, 0.4) is 0 Å². The Balaban J connectivity index is 2.12. The van der Waals surface area contributed by atoms with Gasteiger partial charge in [-0.15, -0.1) is 0 Å². The predicted molar refractivity (Wildman–Crippen MR) is 91.4 cm³/mol. The van der Waals surface area contributed by atoms with Crippen LogP contribution in [0.25, 0.3) is 0 Å². The Labute approximate surface area is 126 Å². The molecule has 2 aromatic carbocycles. The van der Waals surface area contributed by atoms with Crippen LogP contribution in [0, 0.1) is 0 Å². The lowest BCUT2D eigenvalue weighted by Crippen LogP contribution is -2.35. The number of thiocarbonyl (C=S) groups is 1. The van der Waals surface area contributed by atoms with E-state index >= 15 is 0 Å². The van der Waals surface area contributed by atoms with Crippen molar-refractivity contribution in [2.24, 2.45) is 0 Å². The Bertz CT molecular complexity index is 525. The molecule has 0 radical (unpaired) electrons. The Hall–Kier alpha value is -1.87. The Kier molecular flexibility index (Phi) is 5.56. The van der Waals surface area contributed by atoms with Gasteiger partial charge in [-0.25, -0.2) is 0 Å². The second-order valence-electron chi connectivity index (χ2n) is 4.64. The molecule has 0 aliphatic rings. The highest BCUT2D eigenvalue weighted by atomic mass is 32.1. The average molecular weight is 284 g/mol. The summed E-state index contributed by atoms with van der Waals surface area (Å²) in [5.41, 5.74) is 2.16. The smallest absolute Gasteiger partial charge is 0.177 e. The van der Waals surface area contributed by atoms with E-state index in [1.807, 2.05) is 48.5 Å². The van der Waals surface area contributed by atoms with E-state index in [0.717, 1.165) is 35.9 Å². The predicted octanol–water partition coefficient (Wildman–Crippen LogP) is 4.69. The van der Waals surface area contributed by atoms with E-state index in [0.29, 0.717) is 0 Å². The number of hydrogen-bond acceptors (Lipinski definition) is 1.